The van der Waals surface area contributed by atoms with E-state index in [-0.39, 0.29) is 19.1 Å². The lowest BCUT2D eigenvalue weighted by molar-refractivity contribution is -0.129. The molecule has 210 valence electrons. The summed E-state index contributed by atoms with van der Waals surface area (Å²) in [5, 5.41) is 13.0. The normalized spacial score (nSPS) is 17.9. The van der Waals surface area contributed by atoms with Crippen molar-refractivity contribution in [2.24, 2.45) is 4.99 Å². The van der Waals surface area contributed by atoms with Crippen LogP contribution in [-0.2, 0) is 22.5 Å². The number of halogens is 2. The predicted molar refractivity (Wildman–Crippen MR) is 162 cm³/mol. The molecule has 41 heavy (non-hydrogen) atoms. The number of carbonyl (C=O) groups excluding carboxylic acids is 1. The molecule has 1 aliphatic heterocycles. The van der Waals surface area contributed by atoms with Crippen molar-refractivity contribution in [2.45, 2.75) is 31.0 Å². The average molecular weight is 590 g/mol. The van der Waals surface area contributed by atoms with Crippen LogP contribution in [-0.4, -0.2) is 35.7 Å². The second-order valence-electron chi connectivity index (χ2n) is 9.79. The van der Waals surface area contributed by atoms with Gasteiger partial charge in [-0.1, -0.05) is 89.9 Å². The molecule has 1 amide bonds. The van der Waals surface area contributed by atoms with E-state index in [0.717, 1.165) is 22.3 Å². The summed E-state index contributed by atoms with van der Waals surface area (Å²) in [6.07, 6.45) is 0.204. The van der Waals surface area contributed by atoms with E-state index >= 15 is 0 Å². The van der Waals surface area contributed by atoms with Gasteiger partial charge in [-0.15, -0.1) is 0 Å². The van der Waals surface area contributed by atoms with Gasteiger partial charge < -0.3 is 19.9 Å². The van der Waals surface area contributed by atoms with Crippen molar-refractivity contribution in [3.05, 3.63) is 135 Å². The summed E-state index contributed by atoms with van der Waals surface area (Å²) < 4.78 is 12.2. The van der Waals surface area contributed by atoms with Crippen molar-refractivity contribution in [3.8, 4) is 5.75 Å². The number of nitrogens with zero attached hydrogens (tertiary/aromatic N) is 1. The average Bonchev–Trinajstić information content (AvgIpc) is 3.39. The van der Waals surface area contributed by atoms with Crippen molar-refractivity contribution in [3.63, 3.8) is 0 Å². The molecule has 0 unspecified atom stereocenters. The van der Waals surface area contributed by atoms with Crippen LogP contribution in [0.15, 0.2) is 108 Å². The van der Waals surface area contributed by atoms with Crippen LogP contribution in [0.1, 0.15) is 34.8 Å². The number of benzene rings is 4. The van der Waals surface area contributed by atoms with Crippen LogP contribution in [0.4, 0.5) is 0 Å². The van der Waals surface area contributed by atoms with Crippen molar-refractivity contribution < 1.29 is 19.4 Å². The molecule has 0 bridgehead atoms. The summed E-state index contributed by atoms with van der Waals surface area (Å²) in [6.45, 7) is 0.737. The first-order valence-electron chi connectivity index (χ1n) is 13.4. The van der Waals surface area contributed by atoms with Gasteiger partial charge in [-0.3, -0.25) is 4.79 Å². The Kier molecular flexibility index (Phi) is 9.24. The van der Waals surface area contributed by atoms with Crippen LogP contribution in [0.25, 0.3) is 0 Å². The third-order valence-corrected chi connectivity index (χ3v) is 7.62. The summed E-state index contributed by atoms with van der Waals surface area (Å²) >= 11 is 12.3. The zero-order valence-electron chi connectivity index (χ0n) is 22.3. The molecule has 6 nitrogen and oxygen atoms in total. The van der Waals surface area contributed by atoms with Gasteiger partial charge in [-0.2, -0.15) is 0 Å². The number of ether oxygens (including phenoxy) is 2. The fourth-order valence-corrected chi connectivity index (χ4v) is 5.12. The van der Waals surface area contributed by atoms with E-state index in [2.05, 4.69) is 5.32 Å². The maximum absolute atomic E-state index is 14.3. The highest BCUT2D eigenvalue weighted by molar-refractivity contribution is 6.42. The maximum atomic E-state index is 14.3. The molecule has 2 atom stereocenters. The lowest BCUT2D eigenvalue weighted by Crippen LogP contribution is -2.49. The zero-order valence-corrected chi connectivity index (χ0v) is 23.8. The number of rotatable bonds is 11. The first-order chi connectivity index (χ1) is 20.0. The summed E-state index contributed by atoms with van der Waals surface area (Å²) in [6, 6.07) is 32.2. The van der Waals surface area contributed by atoms with Crippen LogP contribution in [0, 0.1) is 0 Å². The Morgan fingerprint density at radius 1 is 0.902 bits per heavy atom. The molecule has 0 saturated heterocycles. The monoisotopic (exact) mass is 588 g/mol. The van der Waals surface area contributed by atoms with E-state index in [1.54, 1.807) is 12.1 Å². The quantitative estimate of drug-likeness (QED) is 0.194. The van der Waals surface area contributed by atoms with E-state index < -0.39 is 11.6 Å². The molecule has 8 heteroatoms. The lowest BCUT2D eigenvalue weighted by Gasteiger charge is -2.31. The Morgan fingerprint density at radius 3 is 2.29 bits per heavy atom. The number of nitrogens with one attached hydrogen (secondary N) is 1. The van der Waals surface area contributed by atoms with E-state index in [4.69, 9.17) is 42.8 Å². The smallest absolute Gasteiger partial charge is 0.252 e. The number of carbonyl (C=O) groups is 1. The molecule has 2 N–H and O–H groups in total. The van der Waals surface area contributed by atoms with Crippen LogP contribution < -0.4 is 10.1 Å². The van der Waals surface area contributed by atoms with Crippen molar-refractivity contribution in [1.29, 1.82) is 0 Å². The van der Waals surface area contributed by atoms with E-state index in [0.29, 0.717) is 41.1 Å². The first kappa shape index (κ1) is 28.7. The Labute approximate surface area is 249 Å². The van der Waals surface area contributed by atoms with Crippen LogP contribution in [0.5, 0.6) is 5.75 Å². The van der Waals surface area contributed by atoms with Gasteiger partial charge in [0.1, 0.15) is 5.75 Å². The Bertz CT molecular complexity index is 1500. The van der Waals surface area contributed by atoms with Gasteiger partial charge in [-0.05, 0) is 53.1 Å². The third-order valence-electron chi connectivity index (χ3n) is 6.89. The predicted octanol–water partition coefficient (Wildman–Crippen LogP) is 6.57. The van der Waals surface area contributed by atoms with E-state index in [9.17, 15) is 4.79 Å². The standard InChI is InChI=1S/C33H30Cl2N2O4/c34-28-17-12-24(20-29(28)35)22-36-32(39)33(21-23-8-3-1-4-9-23)30(25-10-5-2-6-11-25)41-31(37-33)26-13-15-27(16-14-26)40-19-7-18-38/h1-6,8-17,20,30,38H,7,18-19,21-22H2,(H,36,39)/t30-,33-/m1/s1. The van der Waals surface area contributed by atoms with Crippen molar-refractivity contribution in [2.75, 3.05) is 13.2 Å². The molecule has 0 aromatic heterocycles. The van der Waals surface area contributed by atoms with Crippen molar-refractivity contribution in [1.82, 2.24) is 5.32 Å². The highest BCUT2D eigenvalue weighted by atomic mass is 35.5. The minimum absolute atomic E-state index is 0.0697. The molecule has 0 radical (unpaired) electrons. The molecule has 5 rings (SSSR count). The summed E-state index contributed by atoms with van der Waals surface area (Å²) in [4.78, 5) is 19.3. The van der Waals surface area contributed by atoms with Crippen LogP contribution in [0.2, 0.25) is 10.0 Å². The molecule has 1 heterocycles. The zero-order chi connectivity index (χ0) is 28.7. The number of hydrogen-bond donors (Lipinski definition) is 2. The summed E-state index contributed by atoms with van der Waals surface area (Å²) in [5.41, 5.74) is 2.06. The van der Waals surface area contributed by atoms with Crippen LogP contribution in [0.3, 0.4) is 0 Å². The van der Waals surface area contributed by atoms with Gasteiger partial charge in [0.25, 0.3) is 5.91 Å². The van der Waals surface area contributed by atoms with Gasteiger partial charge in [0.15, 0.2) is 11.6 Å². The largest absolute Gasteiger partial charge is 0.494 e. The fourth-order valence-electron chi connectivity index (χ4n) is 4.80. The summed E-state index contributed by atoms with van der Waals surface area (Å²) in [7, 11) is 0. The number of aliphatic hydroxyl groups excluding tert-OH is 1. The molecule has 4 aromatic rings. The Balaban J connectivity index is 1.52. The van der Waals surface area contributed by atoms with E-state index in [1.807, 2.05) is 91.0 Å². The molecular weight excluding hydrogens is 559 g/mol. The number of amides is 1. The highest BCUT2D eigenvalue weighted by Crippen LogP contribution is 2.42. The SMILES string of the molecule is O=C(NCc1ccc(Cl)c(Cl)c1)[C@]1(Cc2ccccc2)N=C(c2ccc(OCCCO)cc2)O[C@@H]1c1ccccc1. The van der Waals surface area contributed by atoms with Gasteiger partial charge in [0, 0.05) is 31.6 Å². The van der Waals surface area contributed by atoms with Crippen LogP contribution >= 0.6 is 23.2 Å². The molecule has 0 saturated carbocycles. The van der Waals surface area contributed by atoms with E-state index in [1.165, 1.54) is 0 Å². The molecule has 0 aliphatic carbocycles. The van der Waals surface area contributed by atoms with Gasteiger partial charge in [-0.25, -0.2) is 4.99 Å². The molecule has 0 spiro atoms. The molecular formula is C33H30Cl2N2O4. The maximum Gasteiger partial charge on any atom is 0.252 e. The molecule has 1 aliphatic rings. The van der Waals surface area contributed by atoms with Gasteiger partial charge in [0.05, 0.1) is 16.7 Å². The first-order valence-corrected chi connectivity index (χ1v) is 14.2. The second-order valence-corrected chi connectivity index (χ2v) is 10.6. The summed E-state index contributed by atoms with van der Waals surface area (Å²) in [5.74, 6) is 0.789. The highest BCUT2D eigenvalue weighted by Gasteiger charge is 2.53. The number of aliphatic imine (C=N–C) groups is 1. The number of aliphatic hydroxyl groups is 1. The lowest BCUT2D eigenvalue weighted by atomic mass is 9.82. The number of hydrogen-bond acceptors (Lipinski definition) is 5. The molecule has 4 aromatic carbocycles. The minimum atomic E-state index is -1.29. The van der Waals surface area contributed by atoms with Gasteiger partial charge >= 0.3 is 0 Å². The minimum Gasteiger partial charge on any atom is -0.494 e. The fraction of sp³-hybridized carbons (Fsp3) is 0.212. The topological polar surface area (TPSA) is 80.2 Å². The third kappa shape index (κ3) is 6.73. The Hall–Kier alpha value is -3.84. The Morgan fingerprint density at radius 2 is 1.61 bits per heavy atom. The van der Waals surface area contributed by atoms with Crippen molar-refractivity contribution >= 4 is 35.0 Å². The molecule has 0 fully saturated rings. The second kappa shape index (κ2) is 13.2. The van der Waals surface area contributed by atoms with Gasteiger partial charge in [0.2, 0.25) is 5.90 Å².